The second kappa shape index (κ2) is 3.77. The summed E-state index contributed by atoms with van der Waals surface area (Å²) in [5.41, 5.74) is 0.768. The zero-order valence-corrected chi connectivity index (χ0v) is 6.66. The van der Waals surface area contributed by atoms with E-state index in [4.69, 9.17) is 10.4 Å². The molecule has 0 radical (unpaired) electrons. The van der Waals surface area contributed by atoms with Crippen LogP contribution in [0.5, 0.6) is 0 Å². The SMILES string of the molecule is N#CCC=C1CCCN1C(=O)O. The van der Waals surface area contributed by atoms with Gasteiger partial charge in [0.15, 0.2) is 0 Å². The van der Waals surface area contributed by atoms with E-state index in [1.807, 2.05) is 6.07 Å². The molecule has 1 aliphatic heterocycles. The van der Waals surface area contributed by atoms with Gasteiger partial charge in [-0.25, -0.2) is 4.79 Å². The lowest BCUT2D eigenvalue weighted by atomic mass is 10.3. The summed E-state index contributed by atoms with van der Waals surface area (Å²) in [7, 11) is 0. The van der Waals surface area contributed by atoms with Gasteiger partial charge in [-0.3, -0.25) is 4.90 Å². The van der Waals surface area contributed by atoms with Crippen molar-refractivity contribution in [3.63, 3.8) is 0 Å². The van der Waals surface area contributed by atoms with Gasteiger partial charge >= 0.3 is 6.09 Å². The molecule has 1 aliphatic rings. The fourth-order valence-corrected chi connectivity index (χ4v) is 1.29. The topological polar surface area (TPSA) is 64.3 Å². The molecule has 4 heteroatoms. The van der Waals surface area contributed by atoms with Crippen LogP contribution in [0.1, 0.15) is 19.3 Å². The largest absolute Gasteiger partial charge is 0.465 e. The first-order valence-corrected chi connectivity index (χ1v) is 3.82. The van der Waals surface area contributed by atoms with E-state index >= 15 is 0 Å². The molecule has 0 unspecified atom stereocenters. The molecule has 1 amide bonds. The van der Waals surface area contributed by atoms with Gasteiger partial charge in [0.1, 0.15) is 0 Å². The van der Waals surface area contributed by atoms with Crippen molar-refractivity contribution >= 4 is 6.09 Å². The molecule has 12 heavy (non-hydrogen) atoms. The van der Waals surface area contributed by atoms with Gasteiger partial charge in [-0.15, -0.1) is 0 Å². The number of allylic oxidation sites excluding steroid dienone is 2. The van der Waals surface area contributed by atoms with Crippen molar-refractivity contribution in [1.29, 1.82) is 5.26 Å². The lowest BCUT2D eigenvalue weighted by Crippen LogP contribution is -2.23. The molecule has 0 atom stereocenters. The Hall–Kier alpha value is -1.50. The third-order valence-corrected chi connectivity index (χ3v) is 1.82. The highest BCUT2D eigenvalue weighted by molar-refractivity contribution is 5.68. The number of nitrogens with zero attached hydrogens (tertiary/aromatic N) is 2. The summed E-state index contributed by atoms with van der Waals surface area (Å²) in [6.45, 7) is 0.562. The van der Waals surface area contributed by atoms with E-state index in [0.29, 0.717) is 13.0 Å². The van der Waals surface area contributed by atoms with Gasteiger partial charge in [-0.05, 0) is 12.8 Å². The minimum absolute atomic E-state index is 0.291. The van der Waals surface area contributed by atoms with Crippen molar-refractivity contribution in [2.45, 2.75) is 19.3 Å². The Bertz CT molecular complexity index is 252. The van der Waals surface area contributed by atoms with Crippen LogP contribution >= 0.6 is 0 Å². The van der Waals surface area contributed by atoms with Crippen LogP contribution in [0.15, 0.2) is 11.8 Å². The van der Waals surface area contributed by atoms with Crippen molar-refractivity contribution < 1.29 is 9.90 Å². The van der Waals surface area contributed by atoms with Gasteiger partial charge in [0.2, 0.25) is 0 Å². The van der Waals surface area contributed by atoms with E-state index in [1.165, 1.54) is 4.90 Å². The van der Waals surface area contributed by atoms with Crippen molar-refractivity contribution in [2.24, 2.45) is 0 Å². The van der Waals surface area contributed by atoms with Gasteiger partial charge < -0.3 is 5.11 Å². The van der Waals surface area contributed by atoms with E-state index in [1.54, 1.807) is 6.08 Å². The molecule has 4 nitrogen and oxygen atoms in total. The smallest absolute Gasteiger partial charge is 0.411 e. The summed E-state index contributed by atoms with van der Waals surface area (Å²) >= 11 is 0. The summed E-state index contributed by atoms with van der Waals surface area (Å²) in [6, 6.07) is 1.96. The van der Waals surface area contributed by atoms with Crippen LogP contribution in [-0.2, 0) is 0 Å². The van der Waals surface area contributed by atoms with E-state index in [0.717, 1.165) is 18.5 Å². The number of rotatable bonds is 1. The molecule has 0 aromatic heterocycles. The van der Waals surface area contributed by atoms with Crippen LogP contribution in [0, 0.1) is 11.3 Å². The van der Waals surface area contributed by atoms with Crippen LogP contribution in [0.2, 0.25) is 0 Å². The molecule has 0 aromatic carbocycles. The molecule has 1 fully saturated rings. The molecular weight excluding hydrogens is 156 g/mol. The minimum Gasteiger partial charge on any atom is -0.465 e. The summed E-state index contributed by atoms with van der Waals surface area (Å²) in [5, 5.41) is 17.0. The highest BCUT2D eigenvalue weighted by Crippen LogP contribution is 2.20. The number of hydrogen-bond donors (Lipinski definition) is 1. The van der Waals surface area contributed by atoms with Crippen molar-refractivity contribution in [3.8, 4) is 6.07 Å². The first kappa shape index (κ1) is 8.60. The van der Waals surface area contributed by atoms with E-state index in [9.17, 15) is 4.79 Å². The van der Waals surface area contributed by atoms with Gasteiger partial charge in [0, 0.05) is 12.2 Å². The van der Waals surface area contributed by atoms with Gasteiger partial charge in [-0.2, -0.15) is 5.26 Å². The lowest BCUT2D eigenvalue weighted by Gasteiger charge is -2.12. The average molecular weight is 166 g/mol. The minimum atomic E-state index is -0.920. The van der Waals surface area contributed by atoms with E-state index in [2.05, 4.69) is 0 Å². The maximum atomic E-state index is 10.6. The Kier molecular flexibility index (Phi) is 2.70. The zero-order chi connectivity index (χ0) is 8.97. The lowest BCUT2D eigenvalue weighted by molar-refractivity contribution is 0.164. The highest BCUT2D eigenvalue weighted by atomic mass is 16.4. The normalized spacial score (nSPS) is 19.6. The number of carbonyl (C=O) groups is 1. The first-order chi connectivity index (χ1) is 5.75. The predicted octanol–water partition coefficient (Wildman–Crippen LogP) is 1.56. The summed E-state index contributed by atoms with van der Waals surface area (Å²) in [4.78, 5) is 11.9. The zero-order valence-electron chi connectivity index (χ0n) is 6.66. The fraction of sp³-hybridized carbons (Fsp3) is 0.500. The van der Waals surface area contributed by atoms with Crippen LogP contribution < -0.4 is 0 Å². The summed E-state index contributed by atoms with van der Waals surface area (Å²) < 4.78 is 0. The third kappa shape index (κ3) is 1.76. The van der Waals surface area contributed by atoms with Crippen LogP contribution in [0.3, 0.4) is 0 Å². The van der Waals surface area contributed by atoms with Crippen molar-refractivity contribution in [1.82, 2.24) is 4.90 Å². The molecule has 1 rings (SSSR count). The fourth-order valence-electron chi connectivity index (χ4n) is 1.29. The van der Waals surface area contributed by atoms with Crippen LogP contribution in [-0.4, -0.2) is 22.6 Å². The van der Waals surface area contributed by atoms with Crippen LogP contribution in [0.25, 0.3) is 0 Å². The summed E-state index contributed by atoms with van der Waals surface area (Å²) in [5.74, 6) is 0. The number of nitriles is 1. The Morgan fingerprint density at radius 2 is 2.58 bits per heavy atom. The molecule has 1 saturated heterocycles. The molecule has 1 heterocycles. The molecule has 0 aromatic rings. The van der Waals surface area contributed by atoms with Crippen molar-refractivity contribution in [2.75, 3.05) is 6.54 Å². The third-order valence-electron chi connectivity index (χ3n) is 1.82. The predicted molar refractivity (Wildman–Crippen MR) is 42.3 cm³/mol. The first-order valence-electron chi connectivity index (χ1n) is 3.82. The van der Waals surface area contributed by atoms with E-state index in [-0.39, 0.29) is 0 Å². The molecule has 0 spiro atoms. The molecule has 64 valence electrons. The standard InChI is InChI=1S/C8H10N2O2/c9-5-1-3-7-4-2-6-10(7)8(11)12/h3H,1-2,4,6H2,(H,11,12). The quantitative estimate of drug-likeness (QED) is 0.642. The van der Waals surface area contributed by atoms with Gasteiger partial charge in [-0.1, -0.05) is 6.08 Å². The molecule has 0 saturated carbocycles. The van der Waals surface area contributed by atoms with Gasteiger partial charge in [0.05, 0.1) is 12.5 Å². The van der Waals surface area contributed by atoms with Crippen molar-refractivity contribution in [3.05, 3.63) is 11.8 Å². The monoisotopic (exact) mass is 166 g/mol. The maximum Gasteiger partial charge on any atom is 0.411 e. The summed E-state index contributed by atoms with van der Waals surface area (Å²) in [6.07, 6.45) is 2.69. The van der Waals surface area contributed by atoms with Gasteiger partial charge in [0.25, 0.3) is 0 Å². The highest BCUT2D eigenvalue weighted by Gasteiger charge is 2.21. The molecular formula is C8H10N2O2. The second-order valence-electron chi connectivity index (χ2n) is 2.60. The number of likely N-dealkylation sites (tertiary alicyclic amines) is 1. The Morgan fingerprint density at radius 3 is 3.17 bits per heavy atom. The second-order valence-corrected chi connectivity index (χ2v) is 2.60. The Balaban J connectivity index is 2.65. The average Bonchev–Trinajstić information content (AvgIpc) is 2.48. The van der Waals surface area contributed by atoms with E-state index < -0.39 is 6.09 Å². The Morgan fingerprint density at radius 1 is 1.83 bits per heavy atom. The number of amides is 1. The molecule has 0 bridgehead atoms. The van der Waals surface area contributed by atoms with Crippen LogP contribution in [0.4, 0.5) is 4.79 Å². The maximum absolute atomic E-state index is 10.6. The molecule has 0 aliphatic carbocycles. The Labute approximate surface area is 70.7 Å². The number of hydrogen-bond acceptors (Lipinski definition) is 2. The number of carboxylic acid groups (broad SMARTS) is 1. The molecule has 1 N–H and O–H groups in total.